The second kappa shape index (κ2) is 3.75. The molecule has 0 heterocycles. The average molecular weight is 200 g/mol. The quantitative estimate of drug-likeness (QED) is 0.417. The third kappa shape index (κ3) is 1.98. The van der Waals surface area contributed by atoms with Crippen LogP contribution in [0.4, 0.5) is 5.69 Å². The Hall–Kier alpha value is -1.09. The van der Waals surface area contributed by atoms with Crippen LogP contribution in [0.25, 0.3) is 0 Å². The smallest absolute Gasteiger partial charge is 0.258 e. The van der Waals surface area contributed by atoms with E-state index < -0.39 is 4.92 Å². The molecule has 0 spiro atoms. The summed E-state index contributed by atoms with van der Waals surface area (Å²) in [6.07, 6.45) is 0. The Balaban J connectivity index is 3.34. The Bertz CT molecular complexity index is 336. The zero-order valence-corrected chi connectivity index (χ0v) is 8.21. The minimum atomic E-state index is -0.402. The monoisotopic (exact) mass is 199 g/mol. The van der Waals surface area contributed by atoms with E-state index in [1.165, 1.54) is 6.07 Å². The van der Waals surface area contributed by atoms with Crippen LogP contribution < -0.4 is 0 Å². The van der Waals surface area contributed by atoms with Crippen LogP contribution in [0.5, 0.6) is 0 Å². The molecule has 0 fully saturated rings. The predicted molar refractivity (Wildman–Crippen MR) is 52.1 cm³/mol. The summed E-state index contributed by atoms with van der Waals surface area (Å²) < 4.78 is 0. The molecule has 70 valence electrons. The summed E-state index contributed by atoms with van der Waals surface area (Å²) >= 11 is 5.85. The van der Waals surface area contributed by atoms with E-state index in [0.29, 0.717) is 5.56 Å². The standard InChI is InChI=1S/C9H10ClNO2/c1-6-4-3-5-8(11(12)13)9(6)7(2)10/h3-5,7H,1-2H3. The maximum absolute atomic E-state index is 10.6. The summed E-state index contributed by atoms with van der Waals surface area (Å²) in [5.74, 6) is 0. The fourth-order valence-electron chi connectivity index (χ4n) is 1.34. The van der Waals surface area contributed by atoms with Gasteiger partial charge in [0.05, 0.1) is 15.9 Å². The molecule has 0 radical (unpaired) electrons. The largest absolute Gasteiger partial charge is 0.274 e. The Morgan fingerprint density at radius 1 is 1.54 bits per heavy atom. The maximum atomic E-state index is 10.6. The van der Waals surface area contributed by atoms with Crippen LogP contribution in [0.15, 0.2) is 18.2 Å². The molecule has 1 aromatic carbocycles. The fourth-order valence-corrected chi connectivity index (χ4v) is 1.63. The van der Waals surface area contributed by atoms with Crippen molar-refractivity contribution in [3.05, 3.63) is 39.4 Å². The summed E-state index contributed by atoms with van der Waals surface area (Å²) in [4.78, 5) is 10.2. The van der Waals surface area contributed by atoms with E-state index in [4.69, 9.17) is 11.6 Å². The minimum absolute atomic E-state index is 0.0995. The first-order valence-electron chi connectivity index (χ1n) is 3.92. The Labute approximate surface area is 81.5 Å². The van der Waals surface area contributed by atoms with E-state index >= 15 is 0 Å². The molecule has 0 bridgehead atoms. The Morgan fingerprint density at radius 3 is 2.54 bits per heavy atom. The van der Waals surface area contributed by atoms with Crippen molar-refractivity contribution < 1.29 is 4.92 Å². The van der Waals surface area contributed by atoms with E-state index in [2.05, 4.69) is 0 Å². The minimum Gasteiger partial charge on any atom is -0.258 e. The number of alkyl halides is 1. The van der Waals surface area contributed by atoms with Gasteiger partial charge in [-0.1, -0.05) is 12.1 Å². The zero-order chi connectivity index (χ0) is 10.0. The summed E-state index contributed by atoms with van der Waals surface area (Å²) in [5, 5.41) is 10.3. The lowest BCUT2D eigenvalue weighted by atomic mass is 10.0. The number of nitrogens with zero attached hydrogens (tertiary/aromatic N) is 1. The predicted octanol–water partition coefficient (Wildman–Crippen LogP) is 3.20. The number of aryl methyl sites for hydroxylation is 1. The number of nitro benzene ring substituents is 1. The molecule has 13 heavy (non-hydrogen) atoms. The van der Waals surface area contributed by atoms with Gasteiger partial charge in [-0.05, 0) is 19.4 Å². The topological polar surface area (TPSA) is 43.1 Å². The van der Waals surface area contributed by atoms with E-state index in [0.717, 1.165) is 5.56 Å². The average Bonchev–Trinajstić information content (AvgIpc) is 2.02. The molecule has 0 amide bonds. The number of halogens is 1. The van der Waals surface area contributed by atoms with E-state index in [-0.39, 0.29) is 11.1 Å². The fraction of sp³-hybridized carbons (Fsp3) is 0.333. The van der Waals surface area contributed by atoms with Gasteiger partial charge < -0.3 is 0 Å². The second-order valence-corrected chi connectivity index (χ2v) is 3.54. The van der Waals surface area contributed by atoms with Crippen LogP contribution in [0, 0.1) is 17.0 Å². The Morgan fingerprint density at radius 2 is 2.15 bits per heavy atom. The van der Waals surface area contributed by atoms with Gasteiger partial charge in [-0.15, -0.1) is 11.6 Å². The number of rotatable bonds is 2. The lowest BCUT2D eigenvalue weighted by Crippen LogP contribution is -1.98. The van der Waals surface area contributed by atoms with Gasteiger partial charge >= 0.3 is 0 Å². The molecular weight excluding hydrogens is 190 g/mol. The molecule has 0 saturated heterocycles. The van der Waals surface area contributed by atoms with Gasteiger partial charge in [0.25, 0.3) is 5.69 Å². The summed E-state index contributed by atoms with van der Waals surface area (Å²) in [6, 6.07) is 4.96. The van der Waals surface area contributed by atoms with Crippen molar-refractivity contribution in [3.63, 3.8) is 0 Å². The van der Waals surface area contributed by atoms with Crippen molar-refractivity contribution in [1.29, 1.82) is 0 Å². The first-order valence-corrected chi connectivity index (χ1v) is 4.35. The number of hydrogen-bond acceptors (Lipinski definition) is 2. The molecule has 0 aliphatic rings. The molecule has 1 unspecified atom stereocenters. The molecule has 1 aromatic rings. The molecular formula is C9H10ClNO2. The number of nitro groups is 1. The zero-order valence-electron chi connectivity index (χ0n) is 7.45. The number of hydrogen-bond donors (Lipinski definition) is 0. The molecule has 0 aromatic heterocycles. The summed E-state index contributed by atoms with van der Waals surface area (Å²) in [6.45, 7) is 3.55. The molecule has 3 nitrogen and oxygen atoms in total. The Kier molecular flexibility index (Phi) is 2.88. The van der Waals surface area contributed by atoms with Gasteiger partial charge in [-0.25, -0.2) is 0 Å². The summed E-state index contributed by atoms with van der Waals surface area (Å²) in [7, 11) is 0. The lowest BCUT2D eigenvalue weighted by molar-refractivity contribution is -0.385. The highest BCUT2D eigenvalue weighted by atomic mass is 35.5. The van der Waals surface area contributed by atoms with Crippen molar-refractivity contribution >= 4 is 17.3 Å². The van der Waals surface area contributed by atoms with Crippen LogP contribution in [-0.2, 0) is 0 Å². The van der Waals surface area contributed by atoms with Gasteiger partial charge in [0, 0.05) is 6.07 Å². The van der Waals surface area contributed by atoms with Gasteiger partial charge in [-0.3, -0.25) is 10.1 Å². The van der Waals surface area contributed by atoms with Crippen molar-refractivity contribution in [2.45, 2.75) is 19.2 Å². The molecule has 1 rings (SSSR count). The normalized spacial score (nSPS) is 12.5. The molecule has 0 aliphatic carbocycles. The molecule has 0 saturated carbocycles. The molecule has 1 atom stereocenters. The van der Waals surface area contributed by atoms with Gasteiger partial charge in [0.15, 0.2) is 0 Å². The van der Waals surface area contributed by atoms with Crippen LogP contribution in [0.1, 0.15) is 23.4 Å². The summed E-state index contributed by atoms with van der Waals surface area (Å²) in [5.41, 5.74) is 1.56. The van der Waals surface area contributed by atoms with Crippen LogP contribution >= 0.6 is 11.6 Å². The number of benzene rings is 1. The van der Waals surface area contributed by atoms with Gasteiger partial charge in [0.2, 0.25) is 0 Å². The second-order valence-electron chi connectivity index (χ2n) is 2.88. The SMILES string of the molecule is Cc1cccc([N+](=O)[O-])c1C(C)Cl. The highest BCUT2D eigenvalue weighted by Gasteiger charge is 2.18. The highest BCUT2D eigenvalue weighted by Crippen LogP contribution is 2.31. The first kappa shape index (κ1) is 9.99. The lowest BCUT2D eigenvalue weighted by Gasteiger charge is -2.07. The van der Waals surface area contributed by atoms with Crippen molar-refractivity contribution in [1.82, 2.24) is 0 Å². The highest BCUT2D eigenvalue weighted by molar-refractivity contribution is 6.21. The molecule has 0 N–H and O–H groups in total. The maximum Gasteiger partial charge on any atom is 0.274 e. The molecule has 4 heteroatoms. The third-order valence-corrected chi connectivity index (χ3v) is 2.11. The van der Waals surface area contributed by atoms with E-state index in [9.17, 15) is 10.1 Å². The molecule has 0 aliphatic heterocycles. The van der Waals surface area contributed by atoms with E-state index in [1.807, 2.05) is 13.0 Å². The van der Waals surface area contributed by atoms with Gasteiger partial charge in [-0.2, -0.15) is 0 Å². The van der Waals surface area contributed by atoms with E-state index in [1.54, 1.807) is 13.0 Å². The van der Waals surface area contributed by atoms with Crippen LogP contribution in [-0.4, -0.2) is 4.92 Å². The van der Waals surface area contributed by atoms with Crippen LogP contribution in [0.3, 0.4) is 0 Å². The van der Waals surface area contributed by atoms with Crippen molar-refractivity contribution in [3.8, 4) is 0 Å². The van der Waals surface area contributed by atoms with Crippen molar-refractivity contribution in [2.75, 3.05) is 0 Å². The van der Waals surface area contributed by atoms with Crippen LogP contribution in [0.2, 0.25) is 0 Å². The van der Waals surface area contributed by atoms with Gasteiger partial charge in [0.1, 0.15) is 0 Å². The third-order valence-electron chi connectivity index (χ3n) is 1.90. The van der Waals surface area contributed by atoms with Crippen molar-refractivity contribution in [2.24, 2.45) is 0 Å². The first-order chi connectivity index (χ1) is 6.04.